The maximum Gasteiger partial charge on any atom is 0.243 e. The van der Waals surface area contributed by atoms with Crippen molar-refractivity contribution in [1.29, 1.82) is 0 Å². The summed E-state index contributed by atoms with van der Waals surface area (Å²) >= 11 is 7.34. The largest absolute Gasteiger partial charge is 0.309 e. The molecule has 24 heavy (non-hydrogen) atoms. The first-order valence-electron chi connectivity index (χ1n) is 7.41. The molecule has 1 amide bonds. The van der Waals surface area contributed by atoms with Crippen molar-refractivity contribution in [3.05, 3.63) is 89.6 Å². The van der Waals surface area contributed by atoms with E-state index in [1.807, 2.05) is 60.7 Å². The number of pyridine rings is 1. The number of thioether (sulfide) groups is 1. The Morgan fingerprint density at radius 2 is 1.62 bits per heavy atom. The third kappa shape index (κ3) is 4.37. The number of rotatable bonds is 5. The molecule has 3 nitrogen and oxygen atoms in total. The Bertz CT molecular complexity index is 795. The molecular weight excluding hydrogens is 340 g/mol. The zero-order valence-electron chi connectivity index (χ0n) is 12.7. The van der Waals surface area contributed by atoms with Gasteiger partial charge in [0, 0.05) is 11.1 Å². The van der Waals surface area contributed by atoms with Crippen molar-refractivity contribution in [3.8, 4) is 0 Å². The Morgan fingerprint density at radius 3 is 2.25 bits per heavy atom. The van der Waals surface area contributed by atoms with Gasteiger partial charge in [-0.25, -0.2) is 4.98 Å². The summed E-state index contributed by atoms with van der Waals surface area (Å²) in [7, 11) is 0. The Balaban J connectivity index is 1.83. The molecule has 1 atom stereocenters. The van der Waals surface area contributed by atoms with Crippen LogP contribution in [0.25, 0.3) is 0 Å². The minimum absolute atomic E-state index is 0.120. The molecule has 0 aliphatic carbocycles. The van der Waals surface area contributed by atoms with Crippen LogP contribution in [0.1, 0.15) is 10.8 Å². The van der Waals surface area contributed by atoms with Gasteiger partial charge in [-0.3, -0.25) is 4.79 Å². The molecular formula is C19H15ClN2OS. The van der Waals surface area contributed by atoms with Crippen LogP contribution >= 0.6 is 23.4 Å². The standard InChI is InChI=1S/C19H15ClN2OS/c20-15-11-12-17(21-13-15)22-19(23)18(14-7-3-1-4-8-14)24-16-9-5-2-6-10-16/h1-13,18H,(H,21,22,23)/t18-/m1/s1. The molecule has 1 N–H and O–H groups in total. The second-order valence-electron chi connectivity index (χ2n) is 5.07. The van der Waals surface area contributed by atoms with Crippen LogP contribution in [0.3, 0.4) is 0 Å². The summed E-state index contributed by atoms with van der Waals surface area (Å²) in [4.78, 5) is 18.0. The van der Waals surface area contributed by atoms with E-state index >= 15 is 0 Å². The van der Waals surface area contributed by atoms with E-state index < -0.39 is 0 Å². The molecule has 0 unspecified atom stereocenters. The average molecular weight is 355 g/mol. The molecule has 120 valence electrons. The van der Waals surface area contributed by atoms with E-state index in [2.05, 4.69) is 10.3 Å². The normalized spacial score (nSPS) is 11.7. The number of benzene rings is 2. The first-order chi connectivity index (χ1) is 11.7. The lowest BCUT2D eigenvalue weighted by molar-refractivity contribution is -0.115. The van der Waals surface area contributed by atoms with Gasteiger partial charge in [-0.2, -0.15) is 0 Å². The molecule has 0 spiro atoms. The summed E-state index contributed by atoms with van der Waals surface area (Å²) in [6, 6.07) is 23.0. The summed E-state index contributed by atoms with van der Waals surface area (Å²) in [5.41, 5.74) is 0.942. The molecule has 0 saturated heterocycles. The van der Waals surface area contributed by atoms with Crippen LogP contribution in [0, 0.1) is 0 Å². The predicted molar refractivity (Wildman–Crippen MR) is 99.4 cm³/mol. The van der Waals surface area contributed by atoms with Gasteiger partial charge in [0.15, 0.2) is 0 Å². The highest BCUT2D eigenvalue weighted by Gasteiger charge is 2.22. The molecule has 2 aromatic carbocycles. The molecule has 0 radical (unpaired) electrons. The van der Waals surface area contributed by atoms with E-state index in [4.69, 9.17) is 11.6 Å². The monoisotopic (exact) mass is 354 g/mol. The van der Waals surface area contributed by atoms with Crippen LogP contribution < -0.4 is 5.32 Å². The number of carbonyl (C=O) groups is 1. The van der Waals surface area contributed by atoms with Crippen molar-refractivity contribution < 1.29 is 4.79 Å². The molecule has 0 saturated carbocycles. The van der Waals surface area contributed by atoms with Gasteiger partial charge >= 0.3 is 0 Å². The Labute approximate surface area is 150 Å². The van der Waals surface area contributed by atoms with Gasteiger partial charge in [-0.05, 0) is 29.8 Å². The van der Waals surface area contributed by atoms with Crippen molar-refractivity contribution >= 4 is 35.1 Å². The second kappa shape index (κ2) is 7.99. The van der Waals surface area contributed by atoms with Crippen molar-refractivity contribution in [2.45, 2.75) is 10.1 Å². The average Bonchev–Trinajstić information content (AvgIpc) is 2.63. The fourth-order valence-electron chi connectivity index (χ4n) is 2.18. The van der Waals surface area contributed by atoms with Gasteiger partial charge in [0.1, 0.15) is 11.1 Å². The van der Waals surface area contributed by atoms with E-state index in [1.165, 1.54) is 18.0 Å². The molecule has 3 rings (SSSR count). The topological polar surface area (TPSA) is 42.0 Å². The molecule has 0 bridgehead atoms. The van der Waals surface area contributed by atoms with Crippen molar-refractivity contribution in [2.24, 2.45) is 0 Å². The summed E-state index contributed by atoms with van der Waals surface area (Å²) in [5.74, 6) is 0.365. The zero-order chi connectivity index (χ0) is 16.8. The SMILES string of the molecule is O=C(Nc1ccc(Cl)cn1)[C@H](Sc1ccccc1)c1ccccc1. The van der Waals surface area contributed by atoms with E-state index in [-0.39, 0.29) is 11.2 Å². The lowest BCUT2D eigenvalue weighted by atomic mass is 10.1. The van der Waals surface area contributed by atoms with Crippen LogP contribution in [0.4, 0.5) is 5.82 Å². The number of nitrogens with one attached hydrogen (secondary N) is 1. The van der Waals surface area contributed by atoms with E-state index in [0.717, 1.165) is 10.5 Å². The maximum absolute atomic E-state index is 12.8. The summed E-state index contributed by atoms with van der Waals surface area (Å²) < 4.78 is 0. The number of amides is 1. The third-order valence-corrected chi connectivity index (χ3v) is 4.81. The number of hydrogen-bond acceptors (Lipinski definition) is 3. The first kappa shape index (κ1) is 16.6. The van der Waals surface area contributed by atoms with Crippen molar-refractivity contribution in [3.63, 3.8) is 0 Å². The summed E-state index contributed by atoms with van der Waals surface area (Å²) in [5, 5.41) is 3.02. The van der Waals surface area contributed by atoms with Crippen LogP contribution in [-0.4, -0.2) is 10.9 Å². The lowest BCUT2D eigenvalue weighted by Crippen LogP contribution is -2.19. The highest BCUT2D eigenvalue weighted by molar-refractivity contribution is 8.00. The van der Waals surface area contributed by atoms with Gasteiger partial charge in [0.25, 0.3) is 0 Å². The smallest absolute Gasteiger partial charge is 0.243 e. The number of hydrogen-bond donors (Lipinski definition) is 1. The van der Waals surface area contributed by atoms with Crippen LogP contribution in [0.2, 0.25) is 5.02 Å². The number of halogens is 1. The first-order valence-corrected chi connectivity index (χ1v) is 8.67. The van der Waals surface area contributed by atoms with E-state index in [1.54, 1.807) is 12.1 Å². The fourth-order valence-corrected chi connectivity index (χ4v) is 3.33. The predicted octanol–water partition coefficient (Wildman–Crippen LogP) is 5.21. The number of nitrogens with zero attached hydrogens (tertiary/aromatic N) is 1. The molecule has 0 fully saturated rings. The highest BCUT2D eigenvalue weighted by atomic mass is 35.5. The molecule has 0 aliphatic heterocycles. The number of carbonyl (C=O) groups excluding carboxylic acids is 1. The fraction of sp³-hybridized carbons (Fsp3) is 0.0526. The molecule has 3 aromatic rings. The zero-order valence-corrected chi connectivity index (χ0v) is 14.3. The van der Waals surface area contributed by atoms with Crippen LogP contribution in [0.5, 0.6) is 0 Å². The quantitative estimate of drug-likeness (QED) is 0.640. The minimum Gasteiger partial charge on any atom is -0.309 e. The van der Waals surface area contributed by atoms with Gasteiger partial charge in [0.2, 0.25) is 5.91 Å². The summed E-state index contributed by atoms with van der Waals surface area (Å²) in [6.45, 7) is 0. The molecule has 1 heterocycles. The van der Waals surface area contributed by atoms with Gasteiger partial charge < -0.3 is 5.32 Å². The Kier molecular flexibility index (Phi) is 5.51. The van der Waals surface area contributed by atoms with Gasteiger partial charge in [0.05, 0.1) is 5.02 Å². The third-order valence-electron chi connectivity index (χ3n) is 3.32. The minimum atomic E-state index is -0.369. The van der Waals surface area contributed by atoms with Crippen molar-refractivity contribution in [2.75, 3.05) is 5.32 Å². The second-order valence-corrected chi connectivity index (χ2v) is 6.69. The molecule has 0 aliphatic rings. The Morgan fingerprint density at radius 1 is 0.958 bits per heavy atom. The van der Waals surface area contributed by atoms with E-state index in [9.17, 15) is 4.79 Å². The summed E-state index contributed by atoms with van der Waals surface area (Å²) in [6.07, 6.45) is 1.51. The lowest BCUT2D eigenvalue weighted by Gasteiger charge is -2.16. The van der Waals surface area contributed by atoms with Crippen LogP contribution in [-0.2, 0) is 4.79 Å². The maximum atomic E-state index is 12.8. The number of anilines is 1. The highest BCUT2D eigenvalue weighted by Crippen LogP contribution is 2.35. The van der Waals surface area contributed by atoms with E-state index in [0.29, 0.717) is 10.8 Å². The van der Waals surface area contributed by atoms with Crippen molar-refractivity contribution in [1.82, 2.24) is 4.98 Å². The van der Waals surface area contributed by atoms with Gasteiger partial charge in [-0.1, -0.05) is 60.1 Å². The molecule has 5 heteroatoms. The molecule has 1 aromatic heterocycles. The van der Waals surface area contributed by atoms with Crippen LogP contribution in [0.15, 0.2) is 83.9 Å². The number of aromatic nitrogens is 1. The Hall–Kier alpha value is -2.30. The van der Waals surface area contributed by atoms with Gasteiger partial charge in [-0.15, -0.1) is 11.8 Å².